The molecule has 5 nitrogen and oxygen atoms in total. The molecule has 0 unspecified atom stereocenters. The van der Waals surface area contributed by atoms with Crippen molar-refractivity contribution in [3.63, 3.8) is 0 Å². The largest absolute Gasteiger partial charge is 0.455 e. The third-order valence-corrected chi connectivity index (χ3v) is 2.57. The number of rotatable bonds is 4. The van der Waals surface area contributed by atoms with E-state index < -0.39 is 29.8 Å². The van der Waals surface area contributed by atoms with Crippen molar-refractivity contribution in [3.05, 3.63) is 87.2 Å². The summed E-state index contributed by atoms with van der Waals surface area (Å²) in [5, 5.41) is 2.60. The number of carbonyl (C=O) groups excluding carboxylic acids is 2. The Kier molecular flexibility index (Phi) is 12.5. The SMILES string of the molecule is C=C=C=C=C=C=C=C=C=C=C=C=C=C=C[C@H](OC(C)=O)[C@H](C)NC(=O)OC(C)(C)C. The summed E-state index contributed by atoms with van der Waals surface area (Å²) in [5.41, 5.74) is 31.7. The highest BCUT2D eigenvalue weighted by molar-refractivity contribution is 5.69. The van der Waals surface area contributed by atoms with Gasteiger partial charge in [0.2, 0.25) is 0 Å². The van der Waals surface area contributed by atoms with Crippen molar-refractivity contribution in [3.8, 4) is 0 Å². The summed E-state index contributed by atoms with van der Waals surface area (Å²) in [6.07, 6.45) is 0.0185. The fourth-order valence-electron chi connectivity index (χ4n) is 1.53. The Bertz CT molecular complexity index is 1150. The van der Waals surface area contributed by atoms with Gasteiger partial charge < -0.3 is 14.8 Å². The monoisotopic (exact) mass is 399 g/mol. The van der Waals surface area contributed by atoms with Gasteiger partial charge >= 0.3 is 12.1 Å². The van der Waals surface area contributed by atoms with Gasteiger partial charge in [-0.1, -0.05) is 11.5 Å². The molecule has 0 aliphatic rings. The van der Waals surface area contributed by atoms with Crippen LogP contribution in [0.5, 0.6) is 0 Å². The second kappa shape index (κ2) is 14.6. The van der Waals surface area contributed by atoms with Crippen LogP contribution in [0.2, 0.25) is 0 Å². The van der Waals surface area contributed by atoms with E-state index in [0.717, 1.165) is 0 Å². The summed E-state index contributed by atoms with van der Waals surface area (Å²) in [5.74, 6) is -0.511. The topological polar surface area (TPSA) is 64.6 Å². The lowest BCUT2D eigenvalue weighted by Crippen LogP contribution is -2.44. The van der Waals surface area contributed by atoms with Crippen molar-refractivity contribution in [1.82, 2.24) is 5.32 Å². The zero-order valence-electron chi connectivity index (χ0n) is 17.6. The Morgan fingerprint density at radius 2 is 1.37 bits per heavy atom. The summed E-state index contributed by atoms with van der Waals surface area (Å²) in [7, 11) is 0. The minimum Gasteiger partial charge on any atom is -0.455 e. The van der Waals surface area contributed by atoms with Crippen LogP contribution >= 0.6 is 0 Å². The van der Waals surface area contributed by atoms with E-state index in [2.05, 4.69) is 86.4 Å². The molecule has 0 aromatic heterocycles. The van der Waals surface area contributed by atoms with E-state index in [4.69, 9.17) is 9.47 Å². The number of ether oxygens (including phenoxy) is 2. The third-order valence-electron chi connectivity index (χ3n) is 2.57. The average molecular weight is 399 g/mol. The molecule has 5 heteroatoms. The molecule has 0 aliphatic heterocycles. The zero-order valence-corrected chi connectivity index (χ0v) is 17.6. The van der Waals surface area contributed by atoms with Crippen LogP contribution < -0.4 is 5.32 Å². The molecule has 0 heterocycles. The lowest BCUT2D eigenvalue weighted by Gasteiger charge is -2.24. The van der Waals surface area contributed by atoms with Crippen LogP contribution in [-0.2, 0) is 14.3 Å². The summed E-state index contributed by atoms with van der Waals surface area (Å²) < 4.78 is 10.3. The number of esters is 1. The van der Waals surface area contributed by atoms with E-state index in [1.165, 1.54) is 13.0 Å². The summed E-state index contributed by atoms with van der Waals surface area (Å²) >= 11 is 0. The predicted molar refractivity (Wildman–Crippen MR) is 110 cm³/mol. The van der Waals surface area contributed by atoms with Crippen molar-refractivity contribution in [2.75, 3.05) is 0 Å². The van der Waals surface area contributed by atoms with Crippen LogP contribution in [0.4, 0.5) is 4.79 Å². The molecular formula is C25H21NO4. The highest BCUT2D eigenvalue weighted by atomic mass is 16.6. The van der Waals surface area contributed by atoms with Gasteiger partial charge in [0.15, 0.2) is 0 Å². The molecule has 0 aliphatic carbocycles. The maximum absolute atomic E-state index is 11.9. The van der Waals surface area contributed by atoms with Crippen LogP contribution in [0.3, 0.4) is 0 Å². The van der Waals surface area contributed by atoms with Crippen molar-refractivity contribution < 1.29 is 19.1 Å². The highest BCUT2D eigenvalue weighted by Crippen LogP contribution is 2.08. The number of hydrogen-bond donors (Lipinski definition) is 1. The normalized spacial score (nSPS) is 9.90. The van der Waals surface area contributed by atoms with E-state index in [9.17, 15) is 9.59 Å². The van der Waals surface area contributed by atoms with E-state index in [0.29, 0.717) is 0 Å². The smallest absolute Gasteiger partial charge is 0.408 e. The second-order valence-electron chi connectivity index (χ2n) is 6.37. The molecule has 0 rings (SSSR count). The van der Waals surface area contributed by atoms with Gasteiger partial charge in [-0.05, 0) is 97.3 Å². The first-order chi connectivity index (χ1) is 14.2. The molecule has 0 spiro atoms. The first kappa shape index (κ1) is 25.6. The maximum atomic E-state index is 11.9. The molecule has 1 N–H and O–H groups in total. The van der Waals surface area contributed by atoms with Gasteiger partial charge in [-0.15, -0.1) is 0 Å². The van der Waals surface area contributed by atoms with Gasteiger partial charge in [-0.25, -0.2) is 4.79 Å². The molecule has 0 fully saturated rings. The van der Waals surface area contributed by atoms with Gasteiger partial charge in [-0.3, -0.25) is 4.79 Å². The fourth-order valence-corrected chi connectivity index (χ4v) is 1.53. The first-order valence-electron chi connectivity index (χ1n) is 8.68. The van der Waals surface area contributed by atoms with Crippen LogP contribution in [-0.4, -0.2) is 29.8 Å². The number of alkyl carbamates (subject to hydrolysis) is 1. The maximum Gasteiger partial charge on any atom is 0.408 e. The van der Waals surface area contributed by atoms with Crippen LogP contribution in [0.1, 0.15) is 34.6 Å². The van der Waals surface area contributed by atoms with E-state index in [1.807, 2.05) is 0 Å². The number of carbonyl (C=O) groups is 2. The summed E-state index contributed by atoms with van der Waals surface area (Å²) in [4.78, 5) is 23.1. The molecule has 150 valence electrons. The van der Waals surface area contributed by atoms with Crippen molar-refractivity contribution in [1.29, 1.82) is 0 Å². The zero-order chi connectivity index (χ0) is 22.8. The van der Waals surface area contributed by atoms with Crippen LogP contribution in [0, 0.1) is 0 Å². The molecule has 0 aromatic rings. The van der Waals surface area contributed by atoms with Gasteiger partial charge in [0.1, 0.15) is 11.7 Å². The Labute approximate surface area is 176 Å². The lowest BCUT2D eigenvalue weighted by molar-refractivity contribution is -0.145. The number of amides is 1. The quantitative estimate of drug-likeness (QED) is 0.573. The van der Waals surface area contributed by atoms with Crippen molar-refractivity contribution >= 4 is 12.1 Å². The first-order valence-corrected chi connectivity index (χ1v) is 8.68. The Morgan fingerprint density at radius 1 is 0.900 bits per heavy atom. The number of nitrogens with one attached hydrogen (secondary N) is 1. The molecule has 0 bridgehead atoms. The fraction of sp³-hybridized carbons (Fsp3) is 0.320. The standard InChI is InChI=1S/C25H21NO4/c1-7-8-9-10-11-12-13-14-15-16-17-18-19-20-23(29-22(3)27)21(2)26-24(28)30-25(4,5)6/h20-21,23H,1H2,2-6H3,(H,26,28)/t21-,23-/m0/s1. The minimum atomic E-state index is -0.776. The van der Waals surface area contributed by atoms with Crippen LogP contribution in [0.15, 0.2) is 87.2 Å². The second-order valence-corrected chi connectivity index (χ2v) is 6.37. The molecule has 0 saturated heterocycles. The molecule has 0 aromatic carbocycles. The summed E-state index contributed by atoms with van der Waals surface area (Å²) in [6, 6.07) is -0.559. The lowest BCUT2D eigenvalue weighted by atomic mass is 10.2. The highest BCUT2D eigenvalue weighted by Gasteiger charge is 2.23. The molecular weight excluding hydrogens is 378 g/mol. The van der Waals surface area contributed by atoms with Gasteiger partial charge in [0.25, 0.3) is 0 Å². The molecule has 30 heavy (non-hydrogen) atoms. The van der Waals surface area contributed by atoms with Crippen molar-refractivity contribution in [2.24, 2.45) is 0 Å². The minimum absolute atomic E-state index is 0.511. The van der Waals surface area contributed by atoms with E-state index in [-0.39, 0.29) is 0 Å². The van der Waals surface area contributed by atoms with Gasteiger partial charge in [0, 0.05) is 13.0 Å². The van der Waals surface area contributed by atoms with Gasteiger partial charge in [-0.2, -0.15) is 0 Å². The Morgan fingerprint density at radius 3 is 1.80 bits per heavy atom. The van der Waals surface area contributed by atoms with E-state index >= 15 is 0 Å². The van der Waals surface area contributed by atoms with Gasteiger partial charge in [0.05, 0.1) is 6.04 Å². The predicted octanol–water partition coefficient (Wildman–Crippen LogP) is 4.03. The van der Waals surface area contributed by atoms with E-state index in [1.54, 1.807) is 27.7 Å². The molecule has 2 atom stereocenters. The summed E-state index contributed by atoms with van der Waals surface area (Å²) in [6.45, 7) is 11.5. The number of hydrogen-bond acceptors (Lipinski definition) is 4. The molecule has 0 radical (unpaired) electrons. The molecule has 1 amide bonds. The molecule has 0 saturated carbocycles. The van der Waals surface area contributed by atoms with Crippen molar-refractivity contribution in [2.45, 2.75) is 52.4 Å². The average Bonchev–Trinajstić information content (AvgIpc) is 2.62. The third kappa shape index (κ3) is 15.8. The Balaban J connectivity index is 5.62. The van der Waals surface area contributed by atoms with Crippen LogP contribution in [0.25, 0.3) is 0 Å². The Hall–Kier alpha value is -4.38.